The molecular formula is C23H30N8O. The lowest BCUT2D eigenvalue weighted by Gasteiger charge is -2.23. The second kappa shape index (κ2) is 10.9. The van der Waals surface area contributed by atoms with Gasteiger partial charge in [0.2, 0.25) is 0 Å². The van der Waals surface area contributed by atoms with Crippen molar-refractivity contribution in [2.75, 3.05) is 24.3 Å². The molecule has 32 heavy (non-hydrogen) atoms. The highest BCUT2D eigenvalue weighted by Gasteiger charge is 2.21. The molecule has 1 aliphatic carbocycles. The zero-order chi connectivity index (χ0) is 22.2. The minimum absolute atomic E-state index is 0.307. The molecule has 3 aromatic rings. The molecule has 0 saturated heterocycles. The fraction of sp³-hybridized carbons (Fsp3) is 0.478. The van der Waals surface area contributed by atoms with Crippen molar-refractivity contribution in [1.82, 2.24) is 25.5 Å². The van der Waals surface area contributed by atoms with Gasteiger partial charge in [-0.25, -0.2) is 4.98 Å². The first kappa shape index (κ1) is 22.0. The van der Waals surface area contributed by atoms with Crippen molar-refractivity contribution in [1.29, 1.82) is 5.26 Å². The lowest BCUT2D eigenvalue weighted by Crippen LogP contribution is -2.34. The predicted octanol–water partition coefficient (Wildman–Crippen LogP) is 3.86. The second-order valence-corrected chi connectivity index (χ2v) is 8.18. The number of nitrogens with zero attached hydrogens (tertiary/aromatic N) is 4. The highest BCUT2D eigenvalue weighted by molar-refractivity contribution is 5.91. The molecule has 2 atom stereocenters. The van der Waals surface area contributed by atoms with Crippen LogP contribution < -0.4 is 16.0 Å². The Morgan fingerprint density at radius 2 is 2.09 bits per heavy atom. The van der Waals surface area contributed by atoms with Crippen LogP contribution in [0, 0.1) is 11.3 Å². The Morgan fingerprint density at radius 1 is 1.22 bits per heavy atom. The van der Waals surface area contributed by atoms with Gasteiger partial charge >= 0.3 is 0 Å². The number of anilines is 3. The second-order valence-electron chi connectivity index (χ2n) is 8.18. The summed E-state index contributed by atoms with van der Waals surface area (Å²) in [6.45, 7) is 1.21. The summed E-state index contributed by atoms with van der Waals surface area (Å²) >= 11 is 0. The molecule has 0 amide bonds. The Labute approximate surface area is 188 Å². The third-order valence-electron chi connectivity index (χ3n) is 5.72. The Morgan fingerprint density at radius 3 is 2.94 bits per heavy atom. The molecule has 0 aliphatic heterocycles. The van der Waals surface area contributed by atoms with Crippen molar-refractivity contribution < 1.29 is 4.74 Å². The first-order valence-electron chi connectivity index (χ1n) is 11.2. The van der Waals surface area contributed by atoms with Crippen LogP contribution in [0.2, 0.25) is 0 Å². The summed E-state index contributed by atoms with van der Waals surface area (Å²) in [5, 5.41) is 27.6. The van der Waals surface area contributed by atoms with E-state index in [0.29, 0.717) is 36.7 Å². The number of H-pyrrole nitrogens is 1. The van der Waals surface area contributed by atoms with E-state index >= 15 is 0 Å². The Balaban J connectivity index is 1.53. The van der Waals surface area contributed by atoms with Gasteiger partial charge in [-0.1, -0.05) is 12.8 Å². The number of ether oxygens (including phenoxy) is 1. The van der Waals surface area contributed by atoms with Gasteiger partial charge in [-0.05, 0) is 31.4 Å². The number of nitrogens with one attached hydrogen (secondary N) is 4. The van der Waals surface area contributed by atoms with Crippen LogP contribution in [0.15, 0.2) is 30.5 Å². The molecule has 0 spiro atoms. The zero-order valence-electron chi connectivity index (χ0n) is 18.4. The summed E-state index contributed by atoms with van der Waals surface area (Å²) in [5.74, 6) is 2.20. The van der Waals surface area contributed by atoms with Crippen LogP contribution in [-0.2, 0) is 11.3 Å². The molecule has 2 unspecified atom stereocenters. The molecule has 1 aliphatic rings. The molecule has 0 radical (unpaired) electrons. The maximum absolute atomic E-state index is 8.82. The number of pyridine rings is 2. The van der Waals surface area contributed by atoms with Crippen LogP contribution in [0.25, 0.3) is 10.9 Å². The van der Waals surface area contributed by atoms with E-state index in [1.807, 2.05) is 24.3 Å². The SMILES string of the molecule is COCc1cc(Nc2cc3ncccc3c(NC3CCCCC(NCCC#N)C3)n2)n[nH]1. The first-order valence-corrected chi connectivity index (χ1v) is 11.2. The van der Waals surface area contributed by atoms with Gasteiger partial charge in [0.25, 0.3) is 0 Å². The number of aromatic amines is 1. The van der Waals surface area contributed by atoms with Gasteiger partial charge < -0.3 is 20.7 Å². The molecule has 0 bridgehead atoms. The molecule has 1 fully saturated rings. The van der Waals surface area contributed by atoms with Gasteiger partial charge in [-0.2, -0.15) is 10.4 Å². The van der Waals surface area contributed by atoms with Crippen LogP contribution in [0.5, 0.6) is 0 Å². The summed E-state index contributed by atoms with van der Waals surface area (Å²) in [4.78, 5) is 9.41. The fourth-order valence-electron chi connectivity index (χ4n) is 4.24. The average Bonchev–Trinajstić information content (AvgIpc) is 3.11. The van der Waals surface area contributed by atoms with Crippen molar-refractivity contribution in [3.63, 3.8) is 0 Å². The molecule has 9 nitrogen and oxygen atoms in total. The third-order valence-corrected chi connectivity index (χ3v) is 5.72. The molecule has 4 rings (SSSR count). The minimum atomic E-state index is 0.307. The number of fused-ring (bicyclic) bond motifs is 1. The molecule has 9 heteroatoms. The van der Waals surface area contributed by atoms with E-state index < -0.39 is 0 Å². The predicted molar refractivity (Wildman–Crippen MR) is 125 cm³/mol. The number of hydrogen-bond donors (Lipinski definition) is 4. The van der Waals surface area contributed by atoms with Gasteiger partial charge in [-0.15, -0.1) is 0 Å². The summed E-state index contributed by atoms with van der Waals surface area (Å²) in [6, 6.07) is 10.8. The van der Waals surface area contributed by atoms with Gasteiger partial charge in [-0.3, -0.25) is 10.1 Å². The zero-order valence-corrected chi connectivity index (χ0v) is 18.4. The van der Waals surface area contributed by atoms with E-state index in [9.17, 15) is 0 Å². The Bertz CT molecular complexity index is 1060. The van der Waals surface area contributed by atoms with E-state index in [1.54, 1.807) is 13.3 Å². The number of aromatic nitrogens is 4. The van der Waals surface area contributed by atoms with Gasteiger partial charge in [0, 0.05) is 55.9 Å². The minimum Gasteiger partial charge on any atom is -0.378 e. The average molecular weight is 435 g/mol. The summed E-state index contributed by atoms with van der Waals surface area (Å²) in [7, 11) is 1.65. The largest absolute Gasteiger partial charge is 0.378 e. The van der Waals surface area contributed by atoms with Crippen molar-refractivity contribution in [3.8, 4) is 6.07 Å². The maximum Gasteiger partial charge on any atom is 0.153 e. The Kier molecular flexibility index (Phi) is 7.48. The standard InChI is InChI=1S/C23H30N8O/c1-32-15-18-13-22(31-30-18)28-21-14-20-19(8-4-10-26-20)23(29-21)27-17-7-3-2-6-16(12-17)25-11-5-9-24/h4,8,10,13-14,16-17,25H,2-3,5-7,11-12,15H2,1H3,(H3,27,28,29,30,31). The topological polar surface area (TPSA) is 124 Å². The number of hydrogen-bond acceptors (Lipinski definition) is 8. The first-order chi connectivity index (χ1) is 15.7. The van der Waals surface area contributed by atoms with Crippen LogP contribution >= 0.6 is 0 Å². The third kappa shape index (κ3) is 5.72. The number of nitriles is 1. The molecular weight excluding hydrogens is 404 g/mol. The lowest BCUT2D eigenvalue weighted by atomic mass is 10.1. The van der Waals surface area contributed by atoms with Crippen molar-refractivity contribution >= 4 is 28.4 Å². The van der Waals surface area contributed by atoms with E-state index in [-0.39, 0.29) is 0 Å². The summed E-state index contributed by atoms with van der Waals surface area (Å²) in [6.07, 6.45) is 7.95. The summed E-state index contributed by atoms with van der Waals surface area (Å²) < 4.78 is 5.15. The van der Waals surface area contributed by atoms with Crippen LogP contribution in [0.3, 0.4) is 0 Å². The monoisotopic (exact) mass is 434 g/mol. The van der Waals surface area contributed by atoms with E-state index in [1.165, 1.54) is 12.8 Å². The summed E-state index contributed by atoms with van der Waals surface area (Å²) in [5.41, 5.74) is 1.76. The van der Waals surface area contributed by atoms with Gasteiger partial charge in [0.05, 0.1) is 23.9 Å². The highest BCUT2D eigenvalue weighted by atomic mass is 16.5. The normalized spacial score (nSPS) is 18.8. The van der Waals surface area contributed by atoms with Gasteiger partial charge in [0.1, 0.15) is 11.6 Å². The van der Waals surface area contributed by atoms with Crippen LogP contribution in [0.4, 0.5) is 17.5 Å². The maximum atomic E-state index is 8.82. The number of rotatable bonds is 9. The molecule has 168 valence electrons. The Hall–Kier alpha value is -3.22. The van der Waals surface area contributed by atoms with E-state index in [2.05, 4.69) is 37.2 Å². The molecule has 1 saturated carbocycles. The molecule has 3 heterocycles. The van der Waals surface area contributed by atoms with E-state index in [0.717, 1.165) is 48.2 Å². The van der Waals surface area contributed by atoms with Crippen molar-refractivity contribution in [2.24, 2.45) is 0 Å². The van der Waals surface area contributed by atoms with E-state index in [4.69, 9.17) is 15.0 Å². The van der Waals surface area contributed by atoms with Gasteiger partial charge in [0.15, 0.2) is 5.82 Å². The number of methoxy groups -OCH3 is 1. The molecule has 0 aromatic carbocycles. The van der Waals surface area contributed by atoms with Crippen molar-refractivity contribution in [2.45, 2.75) is 57.2 Å². The van der Waals surface area contributed by atoms with Crippen LogP contribution in [0.1, 0.15) is 44.2 Å². The molecule has 4 N–H and O–H groups in total. The molecule has 3 aromatic heterocycles. The smallest absolute Gasteiger partial charge is 0.153 e. The lowest BCUT2D eigenvalue weighted by molar-refractivity contribution is 0.181. The van der Waals surface area contributed by atoms with Crippen LogP contribution in [-0.4, -0.2) is 45.9 Å². The quantitative estimate of drug-likeness (QED) is 0.296. The van der Waals surface area contributed by atoms with Crippen molar-refractivity contribution in [3.05, 3.63) is 36.2 Å². The highest BCUT2D eigenvalue weighted by Crippen LogP contribution is 2.28. The fourth-order valence-corrected chi connectivity index (χ4v) is 4.24.